The van der Waals surface area contributed by atoms with E-state index in [1.54, 1.807) is 6.21 Å². The van der Waals surface area contributed by atoms with Crippen LogP contribution >= 0.6 is 23.4 Å². The van der Waals surface area contributed by atoms with E-state index in [4.69, 9.17) is 11.6 Å². The summed E-state index contributed by atoms with van der Waals surface area (Å²) in [6.07, 6.45) is 1.66. The first-order valence-electron chi connectivity index (χ1n) is 8.61. The fourth-order valence-corrected chi connectivity index (χ4v) is 3.44. The summed E-state index contributed by atoms with van der Waals surface area (Å²) in [6.45, 7) is 6.23. The van der Waals surface area contributed by atoms with Crippen molar-refractivity contribution in [3.05, 3.63) is 64.7 Å². The van der Waals surface area contributed by atoms with Crippen molar-refractivity contribution < 1.29 is 4.79 Å². The van der Waals surface area contributed by atoms with E-state index < -0.39 is 0 Å². The lowest BCUT2D eigenvalue weighted by Crippen LogP contribution is -2.21. The van der Waals surface area contributed by atoms with Crippen molar-refractivity contribution in [1.29, 1.82) is 0 Å². The van der Waals surface area contributed by atoms with Crippen LogP contribution in [0, 0.1) is 0 Å². The van der Waals surface area contributed by atoms with Crippen molar-refractivity contribution in [3.8, 4) is 0 Å². The fourth-order valence-electron chi connectivity index (χ4n) is 2.46. The summed E-state index contributed by atoms with van der Waals surface area (Å²) >= 11 is 7.48. The van der Waals surface area contributed by atoms with Gasteiger partial charge in [0.1, 0.15) is 0 Å². The van der Waals surface area contributed by atoms with Crippen LogP contribution in [-0.2, 0) is 10.5 Å². The molecule has 6 heteroatoms. The van der Waals surface area contributed by atoms with E-state index in [2.05, 4.69) is 41.4 Å². The zero-order chi connectivity index (χ0) is 18.8. The van der Waals surface area contributed by atoms with E-state index in [1.165, 1.54) is 17.4 Å². The molecule has 26 heavy (non-hydrogen) atoms. The highest BCUT2D eigenvalue weighted by atomic mass is 35.5. The monoisotopic (exact) mass is 389 g/mol. The number of hydrogen-bond acceptors (Lipinski definition) is 4. The summed E-state index contributed by atoms with van der Waals surface area (Å²) in [5.74, 6) is 0.975. The first kappa shape index (κ1) is 20.3. The van der Waals surface area contributed by atoms with Crippen LogP contribution in [0.4, 0.5) is 5.69 Å². The third kappa shape index (κ3) is 6.73. The van der Waals surface area contributed by atoms with Gasteiger partial charge in [-0.25, -0.2) is 5.43 Å². The Morgan fingerprint density at radius 1 is 1.19 bits per heavy atom. The van der Waals surface area contributed by atoms with Gasteiger partial charge in [-0.3, -0.25) is 4.79 Å². The molecule has 1 N–H and O–H groups in total. The predicted molar refractivity (Wildman–Crippen MR) is 113 cm³/mol. The van der Waals surface area contributed by atoms with Gasteiger partial charge in [-0.15, -0.1) is 11.8 Å². The summed E-state index contributed by atoms with van der Waals surface area (Å²) in [6, 6.07) is 15.8. The van der Waals surface area contributed by atoms with Gasteiger partial charge in [-0.2, -0.15) is 5.10 Å². The van der Waals surface area contributed by atoms with E-state index in [-0.39, 0.29) is 5.91 Å². The van der Waals surface area contributed by atoms with Gasteiger partial charge in [0, 0.05) is 29.6 Å². The van der Waals surface area contributed by atoms with Crippen LogP contribution in [0.5, 0.6) is 0 Å². The smallest absolute Gasteiger partial charge is 0.250 e. The highest BCUT2D eigenvalue weighted by molar-refractivity contribution is 7.99. The summed E-state index contributed by atoms with van der Waals surface area (Å²) in [7, 11) is 0. The SMILES string of the molecule is CCN(CC)c1ccc(/C=N\NC(=O)CSCc2cccc(Cl)c2)cc1. The number of rotatable bonds is 9. The number of nitrogens with one attached hydrogen (secondary N) is 1. The minimum atomic E-state index is -0.118. The van der Waals surface area contributed by atoms with Crippen LogP contribution in [-0.4, -0.2) is 31.0 Å². The molecule has 0 bridgehead atoms. The number of benzene rings is 2. The van der Waals surface area contributed by atoms with Crippen LogP contribution in [0.25, 0.3) is 0 Å². The van der Waals surface area contributed by atoms with Crippen LogP contribution in [0.15, 0.2) is 53.6 Å². The summed E-state index contributed by atoms with van der Waals surface area (Å²) < 4.78 is 0. The Hall–Kier alpha value is -1.98. The molecule has 0 fully saturated rings. The van der Waals surface area contributed by atoms with Crippen LogP contribution in [0.1, 0.15) is 25.0 Å². The van der Waals surface area contributed by atoms with Gasteiger partial charge in [-0.05, 0) is 49.2 Å². The van der Waals surface area contributed by atoms with Crippen LogP contribution < -0.4 is 10.3 Å². The average molecular weight is 390 g/mol. The second-order valence-electron chi connectivity index (χ2n) is 5.68. The van der Waals surface area contributed by atoms with Gasteiger partial charge in [-0.1, -0.05) is 35.9 Å². The number of nitrogens with zero attached hydrogens (tertiary/aromatic N) is 2. The summed E-state index contributed by atoms with van der Waals surface area (Å²) in [5, 5.41) is 4.74. The fraction of sp³-hybridized carbons (Fsp3) is 0.300. The van der Waals surface area contributed by atoms with Crippen LogP contribution in [0.2, 0.25) is 5.02 Å². The van der Waals surface area contributed by atoms with Crippen molar-refractivity contribution in [2.75, 3.05) is 23.7 Å². The van der Waals surface area contributed by atoms with Crippen molar-refractivity contribution in [2.24, 2.45) is 5.10 Å². The third-order valence-electron chi connectivity index (χ3n) is 3.82. The molecular formula is C20H24ClN3OS. The Morgan fingerprint density at radius 3 is 2.58 bits per heavy atom. The van der Waals surface area contributed by atoms with E-state index >= 15 is 0 Å². The lowest BCUT2D eigenvalue weighted by Gasteiger charge is -2.20. The molecule has 0 aromatic heterocycles. The summed E-state index contributed by atoms with van der Waals surface area (Å²) in [5.41, 5.74) is 5.81. The second-order valence-corrected chi connectivity index (χ2v) is 7.10. The Balaban J connectivity index is 1.74. The van der Waals surface area contributed by atoms with Gasteiger partial charge >= 0.3 is 0 Å². The van der Waals surface area contributed by atoms with Crippen molar-refractivity contribution in [2.45, 2.75) is 19.6 Å². The molecule has 2 rings (SSSR count). The number of hydrazone groups is 1. The number of thioether (sulfide) groups is 1. The molecule has 0 radical (unpaired) electrons. The van der Waals surface area contributed by atoms with E-state index in [1.807, 2.05) is 36.4 Å². The van der Waals surface area contributed by atoms with Gasteiger partial charge in [0.2, 0.25) is 5.91 Å². The Morgan fingerprint density at radius 2 is 1.92 bits per heavy atom. The van der Waals surface area contributed by atoms with Gasteiger partial charge < -0.3 is 4.90 Å². The minimum absolute atomic E-state index is 0.118. The molecule has 0 saturated carbocycles. The molecule has 0 spiro atoms. The molecule has 2 aromatic rings. The lowest BCUT2D eigenvalue weighted by atomic mass is 10.2. The number of anilines is 1. The standard InChI is InChI=1S/C20H24ClN3OS/c1-3-24(4-2)19-10-8-16(9-11-19)13-22-23-20(25)15-26-14-17-6-5-7-18(21)12-17/h5-13H,3-4,14-15H2,1-2H3,(H,23,25)/b22-13-. The molecular weight excluding hydrogens is 366 g/mol. The van der Waals surface area contributed by atoms with Gasteiger partial charge in [0.05, 0.1) is 12.0 Å². The molecule has 4 nitrogen and oxygen atoms in total. The number of carbonyl (C=O) groups is 1. The molecule has 0 unspecified atom stereocenters. The quantitative estimate of drug-likeness (QED) is 0.504. The van der Waals surface area contributed by atoms with Crippen molar-refractivity contribution in [3.63, 3.8) is 0 Å². The molecule has 0 heterocycles. The first-order chi connectivity index (χ1) is 12.6. The Labute approximate surface area is 164 Å². The molecule has 1 amide bonds. The zero-order valence-electron chi connectivity index (χ0n) is 15.1. The molecule has 138 valence electrons. The molecule has 0 aliphatic rings. The van der Waals surface area contributed by atoms with Crippen LogP contribution in [0.3, 0.4) is 0 Å². The summed E-state index contributed by atoms with van der Waals surface area (Å²) in [4.78, 5) is 14.1. The zero-order valence-corrected chi connectivity index (χ0v) is 16.7. The van der Waals surface area contributed by atoms with E-state index in [0.29, 0.717) is 10.8 Å². The topological polar surface area (TPSA) is 44.7 Å². The molecule has 0 saturated heterocycles. The Bertz CT molecular complexity index is 730. The van der Waals surface area contributed by atoms with Crippen molar-refractivity contribution >= 4 is 41.2 Å². The lowest BCUT2D eigenvalue weighted by molar-refractivity contribution is -0.118. The average Bonchev–Trinajstić information content (AvgIpc) is 2.64. The van der Waals surface area contributed by atoms with E-state index in [0.717, 1.165) is 30.0 Å². The normalized spacial score (nSPS) is 10.9. The highest BCUT2D eigenvalue weighted by Gasteiger charge is 2.02. The first-order valence-corrected chi connectivity index (χ1v) is 10.1. The molecule has 0 aliphatic carbocycles. The number of carbonyl (C=O) groups excluding carboxylic acids is 1. The predicted octanol–water partition coefficient (Wildman–Crippen LogP) is 4.57. The number of amides is 1. The molecule has 0 aliphatic heterocycles. The largest absolute Gasteiger partial charge is 0.372 e. The number of halogens is 1. The van der Waals surface area contributed by atoms with Gasteiger partial charge in [0.15, 0.2) is 0 Å². The van der Waals surface area contributed by atoms with Gasteiger partial charge in [0.25, 0.3) is 0 Å². The van der Waals surface area contributed by atoms with Crippen molar-refractivity contribution in [1.82, 2.24) is 5.43 Å². The van der Waals surface area contributed by atoms with E-state index in [9.17, 15) is 4.79 Å². The Kier molecular flexibility index (Phi) is 8.51. The second kappa shape index (κ2) is 10.9. The molecule has 2 aromatic carbocycles. The highest BCUT2D eigenvalue weighted by Crippen LogP contribution is 2.16. The third-order valence-corrected chi connectivity index (χ3v) is 5.05. The maximum absolute atomic E-state index is 11.8. The maximum Gasteiger partial charge on any atom is 0.250 e. The minimum Gasteiger partial charge on any atom is -0.372 e. The number of hydrogen-bond donors (Lipinski definition) is 1. The molecule has 0 atom stereocenters. The maximum atomic E-state index is 11.8.